The Balaban J connectivity index is 0.000000145. The van der Waals surface area contributed by atoms with Crippen LogP contribution in [0.15, 0.2) is 0 Å². The number of nitrogens with one attached hydrogen (secondary N) is 2. The van der Waals surface area contributed by atoms with E-state index in [-0.39, 0.29) is 11.8 Å². The van der Waals surface area contributed by atoms with Gasteiger partial charge in [-0.1, -0.05) is 6.42 Å². The minimum absolute atomic E-state index is 0.185. The van der Waals surface area contributed by atoms with Gasteiger partial charge in [-0.3, -0.25) is 9.59 Å². The molecular weight excluding hydrogens is 168 g/mol. The predicted octanol–water partition coefficient (Wildman–Crippen LogP) is 0.183. The van der Waals surface area contributed by atoms with E-state index >= 15 is 0 Å². The van der Waals surface area contributed by atoms with Crippen LogP contribution < -0.4 is 10.6 Å². The SMILES string of the molecule is O=C1CCCCCN1.O=C1CCN1. The van der Waals surface area contributed by atoms with Gasteiger partial charge in [-0.2, -0.15) is 0 Å². The molecule has 0 aromatic carbocycles. The van der Waals surface area contributed by atoms with Gasteiger partial charge in [-0.25, -0.2) is 0 Å². The van der Waals surface area contributed by atoms with E-state index in [0.29, 0.717) is 0 Å². The summed E-state index contributed by atoms with van der Waals surface area (Å²) in [5.74, 6) is 0.410. The minimum atomic E-state index is 0.185. The van der Waals surface area contributed by atoms with Crippen molar-refractivity contribution >= 4 is 11.8 Å². The van der Waals surface area contributed by atoms with E-state index in [0.717, 1.165) is 38.8 Å². The summed E-state index contributed by atoms with van der Waals surface area (Å²) in [4.78, 5) is 20.4. The van der Waals surface area contributed by atoms with Crippen LogP contribution in [0.5, 0.6) is 0 Å². The van der Waals surface area contributed by atoms with Crippen molar-refractivity contribution in [3.8, 4) is 0 Å². The van der Waals surface area contributed by atoms with Crippen molar-refractivity contribution < 1.29 is 9.59 Å². The zero-order valence-corrected chi connectivity index (χ0v) is 7.77. The lowest BCUT2D eigenvalue weighted by Crippen LogP contribution is -2.37. The van der Waals surface area contributed by atoms with E-state index in [1.54, 1.807) is 0 Å². The predicted molar refractivity (Wildman–Crippen MR) is 49.1 cm³/mol. The number of β-lactam (4-membered cyclic amide) rings is 1. The maximum Gasteiger partial charge on any atom is 0.221 e. The summed E-state index contributed by atoms with van der Waals surface area (Å²) in [7, 11) is 0. The Morgan fingerprint density at radius 2 is 1.38 bits per heavy atom. The van der Waals surface area contributed by atoms with Crippen LogP contribution in [0.2, 0.25) is 0 Å². The molecule has 0 aliphatic carbocycles. The van der Waals surface area contributed by atoms with E-state index in [9.17, 15) is 9.59 Å². The number of hydrogen-bond donors (Lipinski definition) is 2. The third kappa shape index (κ3) is 4.50. The van der Waals surface area contributed by atoms with Crippen LogP contribution in [-0.2, 0) is 9.59 Å². The maximum atomic E-state index is 10.6. The standard InChI is InChI=1S/C6H11NO.C3H5NO/c8-6-4-2-1-3-5-7-6;5-3-1-2-4-3/h1-5H2,(H,7,8);1-2H2,(H,4,5). The average molecular weight is 184 g/mol. The van der Waals surface area contributed by atoms with Gasteiger partial charge in [-0.15, -0.1) is 0 Å². The highest BCUT2D eigenvalue weighted by molar-refractivity contribution is 5.81. The van der Waals surface area contributed by atoms with Gasteiger partial charge in [0, 0.05) is 25.9 Å². The van der Waals surface area contributed by atoms with Crippen molar-refractivity contribution in [3.05, 3.63) is 0 Å². The summed E-state index contributed by atoms with van der Waals surface area (Å²) in [5.41, 5.74) is 0. The first-order valence-electron chi connectivity index (χ1n) is 4.82. The monoisotopic (exact) mass is 184 g/mol. The first-order chi connectivity index (χ1) is 6.29. The molecule has 0 unspecified atom stereocenters. The first-order valence-corrected chi connectivity index (χ1v) is 4.82. The topological polar surface area (TPSA) is 58.2 Å². The van der Waals surface area contributed by atoms with Crippen LogP contribution in [0.3, 0.4) is 0 Å². The molecule has 2 heterocycles. The highest BCUT2D eigenvalue weighted by Crippen LogP contribution is 2.02. The molecule has 0 radical (unpaired) electrons. The van der Waals surface area contributed by atoms with E-state index in [1.807, 2.05) is 0 Å². The molecule has 0 spiro atoms. The minimum Gasteiger partial charge on any atom is -0.356 e. The Morgan fingerprint density at radius 3 is 1.92 bits per heavy atom. The lowest BCUT2D eigenvalue weighted by atomic mass is 10.2. The molecule has 13 heavy (non-hydrogen) atoms. The fourth-order valence-electron chi connectivity index (χ4n) is 1.13. The number of amides is 2. The quantitative estimate of drug-likeness (QED) is 0.528. The second-order valence-corrected chi connectivity index (χ2v) is 3.26. The molecule has 2 N–H and O–H groups in total. The Labute approximate surface area is 78.1 Å². The van der Waals surface area contributed by atoms with Gasteiger partial charge in [-0.05, 0) is 12.8 Å². The zero-order chi connectivity index (χ0) is 9.52. The summed E-state index contributed by atoms with van der Waals surface area (Å²) in [6.45, 7) is 1.78. The number of carbonyl (C=O) groups is 2. The van der Waals surface area contributed by atoms with Crippen molar-refractivity contribution in [1.29, 1.82) is 0 Å². The van der Waals surface area contributed by atoms with Crippen LogP contribution in [0.25, 0.3) is 0 Å². The summed E-state index contributed by atoms with van der Waals surface area (Å²) in [6.07, 6.45) is 4.91. The summed E-state index contributed by atoms with van der Waals surface area (Å²) in [5, 5.41) is 5.38. The molecule has 2 rings (SSSR count). The Hall–Kier alpha value is -1.06. The fourth-order valence-corrected chi connectivity index (χ4v) is 1.13. The van der Waals surface area contributed by atoms with Crippen LogP contribution in [0, 0.1) is 0 Å². The highest BCUT2D eigenvalue weighted by atomic mass is 16.2. The van der Waals surface area contributed by atoms with Gasteiger partial charge in [0.1, 0.15) is 0 Å². The summed E-state index contributed by atoms with van der Waals surface area (Å²) in [6, 6.07) is 0. The Morgan fingerprint density at radius 1 is 0.769 bits per heavy atom. The molecule has 2 saturated heterocycles. The number of rotatable bonds is 0. The first kappa shape index (κ1) is 10.0. The molecule has 0 atom stereocenters. The largest absolute Gasteiger partial charge is 0.356 e. The Bertz CT molecular complexity index is 176. The van der Waals surface area contributed by atoms with Crippen LogP contribution >= 0.6 is 0 Å². The third-order valence-electron chi connectivity index (χ3n) is 2.08. The lowest BCUT2D eigenvalue weighted by Gasteiger charge is -2.10. The summed E-state index contributed by atoms with van der Waals surface area (Å²) >= 11 is 0. The molecule has 0 saturated carbocycles. The molecular formula is C9H16N2O2. The van der Waals surface area contributed by atoms with Gasteiger partial charge in [0.25, 0.3) is 0 Å². The molecule has 0 bridgehead atoms. The second kappa shape index (κ2) is 5.56. The molecule has 74 valence electrons. The van der Waals surface area contributed by atoms with E-state index in [4.69, 9.17) is 0 Å². The highest BCUT2D eigenvalue weighted by Gasteiger charge is 2.07. The second-order valence-electron chi connectivity index (χ2n) is 3.26. The molecule has 4 heteroatoms. The third-order valence-corrected chi connectivity index (χ3v) is 2.08. The van der Waals surface area contributed by atoms with Crippen LogP contribution in [0.4, 0.5) is 0 Å². The van der Waals surface area contributed by atoms with Gasteiger partial charge < -0.3 is 10.6 Å². The van der Waals surface area contributed by atoms with Crippen LogP contribution in [-0.4, -0.2) is 24.9 Å². The normalized spacial score (nSPS) is 21.2. The smallest absolute Gasteiger partial charge is 0.221 e. The molecule has 0 aromatic rings. The van der Waals surface area contributed by atoms with Crippen molar-refractivity contribution in [2.75, 3.05) is 13.1 Å². The molecule has 2 aliphatic heterocycles. The molecule has 0 aromatic heterocycles. The van der Waals surface area contributed by atoms with Gasteiger partial charge in [0.2, 0.25) is 11.8 Å². The fraction of sp³-hybridized carbons (Fsp3) is 0.778. The molecule has 2 amide bonds. The van der Waals surface area contributed by atoms with E-state index < -0.39 is 0 Å². The number of hydrogen-bond acceptors (Lipinski definition) is 2. The van der Waals surface area contributed by atoms with Crippen molar-refractivity contribution in [3.63, 3.8) is 0 Å². The van der Waals surface area contributed by atoms with Gasteiger partial charge >= 0.3 is 0 Å². The maximum absolute atomic E-state index is 10.6. The average Bonchev–Trinajstić information content (AvgIpc) is 2.30. The molecule has 2 aliphatic rings. The van der Waals surface area contributed by atoms with Crippen molar-refractivity contribution in [1.82, 2.24) is 10.6 Å². The van der Waals surface area contributed by atoms with Crippen molar-refractivity contribution in [2.45, 2.75) is 32.1 Å². The van der Waals surface area contributed by atoms with E-state index in [1.165, 1.54) is 6.42 Å². The number of carbonyl (C=O) groups excluding carboxylic acids is 2. The van der Waals surface area contributed by atoms with Crippen molar-refractivity contribution in [2.24, 2.45) is 0 Å². The Kier molecular flexibility index (Phi) is 4.29. The molecule has 4 nitrogen and oxygen atoms in total. The summed E-state index contributed by atoms with van der Waals surface area (Å²) < 4.78 is 0. The van der Waals surface area contributed by atoms with E-state index in [2.05, 4.69) is 10.6 Å². The lowest BCUT2D eigenvalue weighted by molar-refractivity contribution is -0.125. The van der Waals surface area contributed by atoms with Crippen LogP contribution in [0.1, 0.15) is 32.1 Å². The van der Waals surface area contributed by atoms with Gasteiger partial charge in [0.05, 0.1) is 0 Å². The molecule has 2 fully saturated rings. The van der Waals surface area contributed by atoms with Gasteiger partial charge in [0.15, 0.2) is 0 Å². The zero-order valence-electron chi connectivity index (χ0n) is 7.77.